The smallest absolute Gasteiger partial charge is 0.273 e. The van der Waals surface area contributed by atoms with E-state index in [-0.39, 0.29) is 12.2 Å². The molecule has 7 nitrogen and oxygen atoms in total. The van der Waals surface area contributed by atoms with Gasteiger partial charge in [0.05, 0.1) is 19.0 Å². The molecule has 0 aliphatic heterocycles. The van der Waals surface area contributed by atoms with Gasteiger partial charge in [-0.25, -0.2) is 0 Å². The maximum Gasteiger partial charge on any atom is 0.273 e. The van der Waals surface area contributed by atoms with Crippen molar-refractivity contribution in [1.29, 1.82) is 0 Å². The second-order valence-electron chi connectivity index (χ2n) is 4.81. The second-order valence-corrected chi connectivity index (χ2v) is 5.59. The third kappa shape index (κ3) is 2.66. The number of furan rings is 1. The zero-order chi connectivity index (χ0) is 15.6. The number of rotatable bonds is 5. The van der Waals surface area contributed by atoms with Crippen LogP contribution in [0.2, 0.25) is 0 Å². The van der Waals surface area contributed by atoms with Crippen LogP contribution in [0.3, 0.4) is 0 Å². The van der Waals surface area contributed by atoms with E-state index >= 15 is 0 Å². The molecule has 1 atom stereocenters. The third-order valence-electron chi connectivity index (χ3n) is 3.27. The molecule has 2 N–H and O–H groups in total. The Hall–Kier alpha value is -2.45. The van der Waals surface area contributed by atoms with Gasteiger partial charge in [0.2, 0.25) is 0 Å². The van der Waals surface area contributed by atoms with Crippen LogP contribution in [-0.2, 0) is 12.6 Å². The number of hydrogen-bond acceptors (Lipinski definition) is 6. The number of amides is 1. The van der Waals surface area contributed by atoms with Crippen molar-refractivity contribution in [3.05, 3.63) is 58.4 Å². The van der Waals surface area contributed by atoms with Crippen molar-refractivity contribution in [3.63, 3.8) is 0 Å². The minimum atomic E-state index is -1.43. The fraction of sp³-hybridized carbons (Fsp3) is 0.214. The van der Waals surface area contributed by atoms with Gasteiger partial charge in [-0.2, -0.15) is 11.3 Å². The summed E-state index contributed by atoms with van der Waals surface area (Å²) in [7, 11) is 1.67. The number of hydrogen-bond donors (Lipinski definition) is 2. The second kappa shape index (κ2) is 5.74. The number of nitrogens with one attached hydrogen (secondary N) is 1. The number of nitrogens with zero attached hydrogens (tertiary/aromatic N) is 3. The highest BCUT2D eigenvalue weighted by molar-refractivity contribution is 7.08. The largest absolute Gasteiger partial charge is 0.466 e. The van der Waals surface area contributed by atoms with Gasteiger partial charge in [-0.1, -0.05) is 5.21 Å². The van der Waals surface area contributed by atoms with Crippen LogP contribution in [0.5, 0.6) is 0 Å². The Balaban J connectivity index is 1.81. The fourth-order valence-corrected chi connectivity index (χ4v) is 2.82. The maximum atomic E-state index is 12.1. The lowest BCUT2D eigenvalue weighted by atomic mass is 9.93. The van der Waals surface area contributed by atoms with Crippen LogP contribution in [0, 0.1) is 0 Å². The number of aryl methyl sites for hydroxylation is 1. The number of aliphatic hydroxyl groups is 1. The summed E-state index contributed by atoms with van der Waals surface area (Å²) in [6, 6.07) is 5.16. The average molecular weight is 318 g/mol. The first-order valence-electron chi connectivity index (χ1n) is 6.53. The predicted molar refractivity (Wildman–Crippen MR) is 79.4 cm³/mol. The highest BCUT2D eigenvalue weighted by Gasteiger charge is 2.35. The van der Waals surface area contributed by atoms with E-state index < -0.39 is 11.5 Å². The van der Waals surface area contributed by atoms with Gasteiger partial charge in [0.15, 0.2) is 11.3 Å². The van der Waals surface area contributed by atoms with Gasteiger partial charge in [-0.05, 0) is 29.0 Å². The van der Waals surface area contributed by atoms with E-state index in [0.717, 1.165) is 0 Å². The molecule has 0 aliphatic rings. The van der Waals surface area contributed by atoms with Crippen LogP contribution in [0.1, 0.15) is 21.8 Å². The quantitative estimate of drug-likeness (QED) is 0.736. The van der Waals surface area contributed by atoms with Crippen LogP contribution in [0.4, 0.5) is 0 Å². The number of aromatic nitrogens is 3. The SMILES string of the molecule is Cn1cc(C(=O)NC[C@](O)(c2ccsc2)c2ccco2)nn1. The predicted octanol–water partition coefficient (Wildman–Crippen LogP) is 1.14. The molecule has 0 aliphatic carbocycles. The molecule has 3 rings (SSSR count). The summed E-state index contributed by atoms with van der Waals surface area (Å²) in [6.07, 6.45) is 2.99. The van der Waals surface area contributed by atoms with Crippen molar-refractivity contribution >= 4 is 17.2 Å². The lowest BCUT2D eigenvalue weighted by Gasteiger charge is -2.25. The first-order valence-corrected chi connectivity index (χ1v) is 7.47. The van der Waals surface area contributed by atoms with Crippen molar-refractivity contribution in [2.45, 2.75) is 5.60 Å². The van der Waals surface area contributed by atoms with Gasteiger partial charge < -0.3 is 14.8 Å². The van der Waals surface area contributed by atoms with Gasteiger partial charge in [-0.3, -0.25) is 9.48 Å². The molecule has 3 heterocycles. The van der Waals surface area contributed by atoms with E-state index in [1.54, 1.807) is 25.2 Å². The van der Waals surface area contributed by atoms with Gasteiger partial charge in [0.1, 0.15) is 5.76 Å². The monoisotopic (exact) mass is 318 g/mol. The van der Waals surface area contributed by atoms with Crippen LogP contribution in [0.25, 0.3) is 0 Å². The number of carbonyl (C=O) groups is 1. The number of thiophene rings is 1. The summed E-state index contributed by atoms with van der Waals surface area (Å²) in [5.74, 6) is -0.0429. The Morgan fingerprint density at radius 1 is 1.55 bits per heavy atom. The minimum absolute atomic E-state index is 0.0351. The van der Waals surface area contributed by atoms with Gasteiger partial charge in [0.25, 0.3) is 5.91 Å². The van der Waals surface area contributed by atoms with Gasteiger partial charge >= 0.3 is 0 Å². The normalized spacial score (nSPS) is 13.7. The molecule has 22 heavy (non-hydrogen) atoms. The van der Waals surface area contributed by atoms with Crippen molar-refractivity contribution in [2.75, 3.05) is 6.54 Å². The van der Waals surface area contributed by atoms with Crippen LogP contribution in [0.15, 0.2) is 45.8 Å². The van der Waals surface area contributed by atoms with Gasteiger partial charge in [-0.15, -0.1) is 5.10 Å². The summed E-state index contributed by atoms with van der Waals surface area (Å²) in [5, 5.41) is 24.8. The molecule has 0 aromatic carbocycles. The van der Waals surface area contributed by atoms with E-state index in [0.29, 0.717) is 11.3 Å². The lowest BCUT2D eigenvalue weighted by Crippen LogP contribution is -2.41. The third-order valence-corrected chi connectivity index (χ3v) is 3.95. The Bertz CT molecular complexity index is 715. The molecule has 0 fully saturated rings. The molecule has 0 saturated carbocycles. The molecule has 1 amide bonds. The number of carbonyl (C=O) groups excluding carboxylic acids is 1. The summed E-state index contributed by atoms with van der Waals surface area (Å²) >= 11 is 1.46. The van der Waals surface area contributed by atoms with Crippen LogP contribution >= 0.6 is 11.3 Å². The van der Waals surface area contributed by atoms with E-state index in [1.165, 1.54) is 28.5 Å². The van der Waals surface area contributed by atoms with Crippen LogP contribution < -0.4 is 5.32 Å². The van der Waals surface area contributed by atoms with E-state index in [4.69, 9.17) is 4.42 Å². The summed E-state index contributed by atoms with van der Waals surface area (Å²) in [4.78, 5) is 12.1. The Labute approximate surface area is 130 Å². The van der Waals surface area contributed by atoms with E-state index in [1.807, 2.05) is 10.8 Å². The molecule has 0 bridgehead atoms. The van der Waals surface area contributed by atoms with Crippen molar-refractivity contribution in [3.8, 4) is 0 Å². The standard InChI is InChI=1S/C14H14N4O3S/c1-18-7-11(16-17-18)13(19)15-9-14(20,10-4-6-22-8-10)12-3-2-5-21-12/h2-8,20H,9H2,1H3,(H,15,19)/t14-/m0/s1. The van der Waals surface area contributed by atoms with E-state index in [2.05, 4.69) is 15.6 Å². The zero-order valence-electron chi connectivity index (χ0n) is 11.8. The zero-order valence-corrected chi connectivity index (χ0v) is 12.6. The lowest BCUT2D eigenvalue weighted by molar-refractivity contribution is 0.0527. The topological polar surface area (TPSA) is 93.2 Å². The Kier molecular flexibility index (Phi) is 3.78. The van der Waals surface area contributed by atoms with Crippen molar-refractivity contribution < 1.29 is 14.3 Å². The molecule has 0 unspecified atom stereocenters. The fourth-order valence-electron chi connectivity index (χ4n) is 2.10. The highest BCUT2D eigenvalue weighted by Crippen LogP contribution is 2.31. The summed E-state index contributed by atoms with van der Waals surface area (Å²) in [5.41, 5.74) is -0.581. The molecular weight excluding hydrogens is 304 g/mol. The first-order chi connectivity index (χ1) is 10.6. The molecule has 3 aromatic heterocycles. The molecule has 0 saturated heterocycles. The van der Waals surface area contributed by atoms with E-state index in [9.17, 15) is 9.90 Å². The van der Waals surface area contributed by atoms with Crippen molar-refractivity contribution in [1.82, 2.24) is 20.3 Å². The van der Waals surface area contributed by atoms with Crippen molar-refractivity contribution in [2.24, 2.45) is 7.05 Å². The molecular formula is C14H14N4O3S. The molecule has 8 heteroatoms. The van der Waals surface area contributed by atoms with Crippen LogP contribution in [-0.4, -0.2) is 32.6 Å². The average Bonchev–Trinajstić information content (AvgIpc) is 3.24. The molecule has 114 valence electrons. The Morgan fingerprint density at radius 2 is 2.41 bits per heavy atom. The maximum absolute atomic E-state index is 12.1. The Morgan fingerprint density at radius 3 is 3.00 bits per heavy atom. The first kappa shape index (κ1) is 14.5. The summed E-state index contributed by atoms with van der Waals surface area (Å²) in [6.45, 7) is -0.0351. The van der Waals surface area contributed by atoms with Gasteiger partial charge in [0, 0.05) is 12.6 Å². The minimum Gasteiger partial charge on any atom is -0.466 e. The highest BCUT2D eigenvalue weighted by atomic mass is 32.1. The summed E-state index contributed by atoms with van der Waals surface area (Å²) < 4.78 is 6.77. The molecule has 0 spiro atoms. The molecule has 3 aromatic rings. The molecule has 0 radical (unpaired) electrons.